The Morgan fingerprint density at radius 2 is 2.05 bits per heavy atom. The molecule has 0 saturated carbocycles. The van der Waals surface area contributed by atoms with E-state index in [0.717, 1.165) is 29.7 Å². The number of nitrogens with one attached hydrogen (secondary N) is 1. The Morgan fingerprint density at radius 1 is 1.19 bits per heavy atom. The van der Waals surface area contributed by atoms with Gasteiger partial charge in [-0.1, -0.05) is 12.1 Å². The van der Waals surface area contributed by atoms with Gasteiger partial charge >= 0.3 is 6.18 Å². The normalized spacial score (nSPS) is 25.8. The lowest BCUT2D eigenvalue weighted by molar-refractivity contribution is -0.130. The van der Waals surface area contributed by atoms with Crippen LogP contribution in [0.1, 0.15) is 37.3 Å². The molecule has 8 nitrogen and oxygen atoms in total. The van der Waals surface area contributed by atoms with Crippen molar-refractivity contribution in [2.45, 2.75) is 50.2 Å². The molecule has 0 radical (unpaired) electrons. The number of hydrazine groups is 1. The molecule has 0 spiro atoms. The number of nitrogens with zero attached hydrogens (tertiary/aromatic N) is 4. The second-order valence-electron chi connectivity index (χ2n) is 9.92. The number of fused-ring (bicyclic) bond motifs is 3. The van der Waals surface area contributed by atoms with Crippen molar-refractivity contribution in [1.82, 2.24) is 15.4 Å². The van der Waals surface area contributed by atoms with Crippen molar-refractivity contribution in [3.63, 3.8) is 0 Å². The van der Waals surface area contributed by atoms with E-state index in [1.807, 2.05) is 17.0 Å². The van der Waals surface area contributed by atoms with Crippen molar-refractivity contribution in [3.05, 3.63) is 53.9 Å². The number of aliphatic hydroxyl groups is 1. The van der Waals surface area contributed by atoms with Crippen LogP contribution in [-0.2, 0) is 9.53 Å². The van der Waals surface area contributed by atoms with Crippen LogP contribution in [0.4, 0.5) is 24.7 Å². The van der Waals surface area contributed by atoms with E-state index in [-0.39, 0.29) is 17.5 Å². The molecule has 0 aliphatic carbocycles. The second-order valence-corrected chi connectivity index (χ2v) is 9.92. The molecule has 2 N–H and O–H groups in total. The molecule has 6 rings (SSSR count). The van der Waals surface area contributed by atoms with Crippen LogP contribution in [0, 0.1) is 0 Å². The summed E-state index contributed by atoms with van der Waals surface area (Å²) in [6.07, 6.45) is 1.29. The zero-order valence-electron chi connectivity index (χ0n) is 20.1. The maximum atomic E-state index is 13.6. The van der Waals surface area contributed by atoms with Gasteiger partial charge in [-0.15, -0.1) is 0 Å². The van der Waals surface area contributed by atoms with Crippen LogP contribution >= 0.6 is 0 Å². The molecule has 37 heavy (non-hydrogen) atoms. The van der Waals surface area contributed by atoms with Gasteiger partial charge in [0.25, 0.3) is 5.91 Å². The van der Waals surface area contributed by atoms with Gasteiger partial charge in [0.2, 0.25) is 0 Å². The first kappa shape index (κ1) is 24.2. The van der Waals surface area contributed by atoms with Gasteiger partial charge < -0.3 is 14.7 Å². The standard InChI is InChI=1S/C26H28F3N5O3/c27-26(28,29)15-33-21-12-16(18-4-3-9-30-24(18)32-10-8-17(35)13-32)6-7-19(21)23-20(25(33)36)14-34(31-23)22-5-1-2-11-37-22/h3-4,6-7,9,12,14,17,22-23,31,35H,1-2,5,8,10-11,13,15H2. The minimum Gasteiger partial charge on any atom is -0.391 e. The minimum absolute atomic E-state index is 0.220. The largest absolute Gasteiger partial charge is 0.406 e. The molecule has 1 amide bonds. The number of amides is 1. The molecule has 0 bridgehead atoms. The fourth-order valence-corrected chi connectivity index (χ4v) is 5.60. The van der Waals surface area contributed by atoms with E-state index in [0.29, 0.717) is 43.1 Å². The predicted molar refractivity (Wildman–Crippen MR) is 130 cm³/mol. The van der Waals surface area contributed by atoms with Gasteiger partial charge in [0.1, 0.15) is 18.6 Å². The summed E-state index contributed by atoms with van der Waals surface area (Å²) in [4.78, 5) is 20.7. The van der Waals surface area contributed by atoms with Crippen LogP contribution in [-0.4, -0.2) is 65.8 Å². The number of anilines is 2. The second kappa shape index (κ2) is 9.30. The number of hydrogen-bond acceptors (Lipinski definition) is 7. The molecule has 4 aliphatic rings. The van der Waals surface area contributed by atoms with E-state index in [1.54, 1.807) is 35.6 Å². The fraction of sp³-hybridized carbons (Fsp3) is 0.462. The molecular formula is C26H28F3N5O3. The molecule has 1 aromatic heterocycles. The number of β-amino-alcohol motifs (C(OH)–C–C–N with tert-alkyl or cyclic N) is 1. The summed E-state index contributed by atoms with van der Waals surface area (Å²) in [5, 5.41) is 11.7. The number of aromatic nitrogens is 1. The highest BCUT2D eigenvalue weighted by molar-refractivity contribution is 6.10. The number of hydrogen-bond donors (Lipinski definition) is 2. The van der Waals surface area contributed by atoms with Crippen LogP contribution < -0.4 is 15.2 Å². The monoisotopic (exact) mass is 515 g/mol. The van der Waals surface area contributed by atoms with E-state index in [1.165, 1.54) is 0 Å². The maximum Gasteiger partial charge on any atom is 0.406 e. The van der Waals surface area contributed by atoms with Crippen LogP contribution in [0.5, 0.6) is 0 Å². The molecule has 1 aromatic carbocycles. The molecule has 2 fully saturated rings. The topological polar surface area (TPSA) is 81.2 Å². The molecule has 4 aliphatic heterocycles. The highest BCUT2D eigenvalue weighted by Crippen LogP contribution is 2.44. The first-order chi connectivity index (χ1) is 17.8. The van der Waals surface area contributed by atoms with Gasteiger partial charge in [0.05, 0.1) is 23.4 Å². The third-order valence-electron chi connectivity index (χ3n) is 7.36. The zero-order chi connectivity index (χ0) is 25.7. The Labute approximate surface area is 212 Å². The quantitative estimate of drug-likeness (QED) is 0.645. The van der Waals surface area contributed by atoms with Crippen LogP contribution in [0.2, 0.25) is 0 Å². The van der Waals surface area contributed by atoms with Gasteiger partial charge in [-0.3, -0.25) is 14.7 Å². The average Bonchev–Trinajstić information content (AvgIpc) is 3.53. The minimum atomic E-state index is -4.57. The summed E-state index contributed by atoms with van der Waals surface area (Å²) in [7, 11) is 0. The lowest BCUT2D eigenvalue weighted by atomic mass is 9.90. The van der Waals surface area contributed by atoms with Gasteiger partial charge in [-0.25, -0.2) is 10.4 Å². The van der Waals surface area contributed by atoms with Gasteiger partial charge in [0.15, 0.2) is 0 Å². The predicted octanol–water partition coefficient (Wildman–Crippen LogP) is 3.50. The molecule has 2 saturated heterocycles. The summed E-state index contributed by atoms with van der Waals surface area (Å²) in [5.41, 5.74) is 5.76. The molecule has 3 unspecified atom stereocenters. The summed E-state index contributed by atoms with van der Waals surface area (Å²) in [5.74, 6) is -0.0180. The first-order valence-corrected chi connectivity index (χ1v) is 12.6. The molecule has 196 valence electrons. The average molecular weight is 516 g/mol. The Hall–Kier alpha value is -3.15. The van der Waals surface area contributed by atoms with Gasteiger partial charge in [0, 0.05) is 37.7 Å². The molecule has 2 aromatic rings. The van der Waals surface area contributed by atoms with Crippen LogP contribution in [0.25, 0.3) is 11.1 Å². The Balaban J connectivity index is 1.40. The molecule has 11 heteroatoms. The van der Waals surface area contributed by atoms with E-state index in [4.69, 9.17) is 4.74 Å². The molecular weight excluding hydrogens is 487 g/mol. The Morgan fingerprint density at radius 3 is 2.78 bits per heavy atom. The van der Waals surface area contributed by atoms with Crippen molar-refractivity contribution in [3.8, 4) is 11.1 Å². The van der Waals surface area contributed by atoms with Crippen LogP contribution in [0.3, 0.4) is 0 Å². The number of carbonyl (C=O) groups excluding carboxylic acids is 1. The van der Waals surface area contributed by atoms with Gasteiger partial charge in [-0.2, -0.15) is 13.2 Å². The Bertz CT molecular complexity index is 1230. The van der Waals surface area contributed by atoms with Crippen molar-refractivity contribution in [2.75, 3.05) is 36.0 Å². The maximum absolute atomic E-state index is 13.6. The summed E-state index contributed by atoms with van der Waals surface area (Å²) < 4.78 is 46.8. The SMILES string of the molecule is O=C1C2=CN(C3CCCCO3)NC2c2ccc(-c3cccnc3N3CCC(O)C3)cc2N1CC(F)(F)F. The zero-order valence-corrected chi connectivity index (χ0v) is 20.1. The number of alkyl halides is 3. The number of pyridine rings is 1. The summed E-state index contributed by atoms with van der Waals surface area (Å²) >= 11 is 0. The summed E-state index contributed by atoms with van der Waals surface area (Å²) in [6, 6.07) is 8.34. The highest BCUT2D eigenvalue weighted by atomic mass is 19.4. The van der Waals surface area contributed by atoms with Crippen molar-refractivity contribution in [1.29, 1.82) is 0 Å². The van der Waals surface area contributed by atoms with E-state index in [9.17, 15) is 23.1 Å². The Kier molecular flexibility index (Phi) is 6.09. The number of carbonyl (C=O) groups is 1. The number of halogens is 3. The lowest BCUT2D eigenvalue weighted by Crippen LogP contribution is -2.46. The van der Waals surface area contributed by atoms with Crippen molar-refractivity contribution >= 4 is 17.4 Å². The third kappa shape index (κ3) is 4.55. The van der Waals surface area contributed by atoms with Crippen molar-refractivity contribution in [2.24, 2.45) is 0 Å². The van der Waals surface area contributed by atoms with Gasteiger partial charge in [-0.05, 0) is 55.0 Å². The number of ether oxygens (including phenoxy) is 1. The third-order valence-corrected chi connectivity index (χ3v) is 7.36. The number of benzene rings is 1. The first-order valence-electron chi connectivity index (χ1n) is 12.6. The van der Waals surface area contributed by atoms with Crippen LogP contribution in [0.15, 0.2) is 48.3 Å². The molecule has 3 atom stereocenters. The van der Waals surface area contributed by atoms with E-state index >= 15 is 0 Å². The summed E-state index contributed by atoms with van der Waals surface area (Å²) in [6.45, 7) is 0.289. The number of aliphatic hydroxyl groups excluding tert-OH is 1. The van der Waals surface area contributed by atoms with E-state index < -0.39 is 30.8 Å². The molecule has 5 heterocycles. The lowest BCUT2D eigenvalue weighted by Gasteiger charge is -2.35. The highest BCUT2D eigenvalue weighted by Gasteiger charge is 2.45. The smallest absolute Gasteiger partial charge is 0.391 e. The fourth-order valence-electron chi connectivity index (χ4n) is 5.60. The van der Waals surface area contributed by atoms with E-state index in [2.05, 4.69) is 10.4 Å². The number of rotatable bonds is 4. The van der Waals surface area contributed by atoms with Crippen molar-refractivity contribution < 1.29 is 27.8 Å².